The number of aromatic nitrogens is 2. The highest BCUT2D eigenvalue weighted by Crippen LogP contribution is 2.38. The van der Waals surface area contributed by atoms with Crippen LogP contribution in [0.1, 0.15) is 41.1 Å². The van der Waals surface area contributed by atoms with Gasteiger partial charge in [-0.1, -0.05) is 30.3 Å². The molecule has 6 rings (SSSR count). The molecule has 46 heavy (non-hydrogen) atoms. The summed E-state index contributed by atoms with van der Waals surface area (Å²) in [4.78, 5) is 18.8. The molecule has 0 atom stereocenters. The monoisotopic (exact) mass is 667 g/mol. The predicted octanol–water partition coefficient (Wildman–Crippen LogP) is 4.46. The third-order valence-corrected chi connectivity index (χ3v) is 9.40. The van der Waals surface area contributed by atoms with Crippen LogP contribution in [0.25, 0.3) is 0 Å². The number of halogens is 4. The van der Waals surface area contributed by atoms with E-state index in [9.17, 15) is 35.3 Å². The van der Waals surface area contributed by atoms with E-state index >= 15 is 0 Å². The van der Waals surface area contributed by atoms with E-state index in [1.807, 2.05) is 32.0 Å². The number of para-hydroxylation sites is 1. The highest BCUT2D eigenvalue weighted by Gasteiger charge is 2.42. The van der Waals surface area contributed by atoms with Gasteiger partial charge in [-0.25, -0.2) is 9.18 Å². The summed E-state index contributed by atoms with van der Waals surface area (Å²) in [6, 6.07) is 8.84. The molecule has 2 N–H and O–H groups in total. The van der Waals surface area contributed by atoms with E-state index in [2.05, 4.69) is 10.4 Å². The fraction of sp³-hybridized carbons (Fsp3) is 0.467. The van der Waals surface area contributed by atoms with Gasteiger partial charge in [-0.2, -0.15) is 31.0 Å². The lowest BCUT2D eigenvalue weighted by atomic mass is 10.00. The van der Waals surface area contributed by atoms with Crippen LogP contribution in [0.2, 0.25) is 0 Å². The third-order valence-electron chi connectivity index (χ3n) is 8.45. The number of anilines is 2. The summed E-state index contributed by atoms with van der Waals surface area (Å²) < 4.78 is 90.7. The SMILES string of the molecule is CNC.Cc1cccc(F)c1N1CCC(N2Cc3cn(C4CN(S(=O)(=O)O)C4)nc3N(Cc3ccccc3C(F)(F)F)C2=O)CC1. The van der Waals surface area contributed by atoms with Crippen molar-refractivity contribution in [3.63, 3.8) is 0 Å². The summed E-state index contributed by atoms with van der Waals surface area (Å²) >= 11 is 0. The van der Waals surface area contributed by atoms with Crippen LogP contribution in [0, 0.1) is 12.7 Å². The second-order valence-electron chi connectivity index (χ2n) is 11.7. The maximum atomic E-state index is 14.6. The topological polar surface area (TPSA) is 114 Å². The van der Waals surface area contributed by atoms with Crippen LogP contribution in [0.4, 0.5) is 33.9 Å². The molecule has 3 aliphatic rings. The molecule has 4 heterocycles. The molecular formula is C30H37F4N7O4S. The molecule has 0 bridgehead atoms. The zero-order valence-electron chi connectivity index (χ0n) is 25.7. The number of carbonyl (C=O) groups excluding carboxylic acids is 1. The van der Waals surface area contributed by atoms with Crippen LogP contribution in [-0.4, -0.2) is 84.3 Å². The predicted molar refractivity (Wildman–Crippen MR) is 164 cm³/mol. The Kier molecular flexibility index (Phi) is 9.63. The van der Waals surface area contributed by atoms with E-state index in [0.29, 0.717) is 37.2 Å². The van der Waals surface area contributed by atoms with E-state index in [4.69, 9.17) is 0 Å². The van der Waals surface area contributed by atoms with Crippen molar-refractivity contribution in [2.24, 2.45) is 0 Å². The Bertz CT molecular complexity index is 1650. The first-order valence-electron chi connectivity index (χ1n) is 14.8. The number of aryl methyl sites for hydroxylation is 1. The summed E-state index contributed by atoms with van der Waals surface area (Å²) in [5.74, 6) is -0.106. The van der Waals surface area contributed by atoms with Gasteiger partial charge in [0.25, 0.3) is 0 Å². The number of alkyl halides is 3. The number of carbonyl (C=O) groups is 1. The zero-order chi connectivity index (χ0) is 33.4. The largest absolute Gasteiger partial charge is 0.416 e. The number of hydrogen-bond donors (Lipinski definition) is 2. The second-order valence-corrected chi connectivity index (χ2v) is 13.1. The average Bonchev–Trinajstić information content (AvgIpc) is 3.36. The zero-order valence-corrected chi connectivity index (χ0v) is 26.5. The lowest BCUT2D eigenvalue weighted by Gasteiger charge is -2.43. The number of nitrogens with zero attached hydrogens (tertiary/aromatic N) is 6. The van der Waals surface area contributed by atoms with Crippen molar-refractivity contribution >= 4 is 27.8 Å². The minimum atomic E-state index is -4.62. The van der Waals surface area contributed by atoms with Crippen LogP contribution < -0.4 is 15.1 Å². The van der Waals surface area contributed by atoms with E-state index in [-0.39, 0.29) is 49.4 Å². The number of rotatable bonds is 6. The quantitative estimate of drug-likeness (QED) is 0.295. The third kappa shape index (κ3) is 6.84. The highest BCUT2D eigenvalue weighted by molar-refractivity contribution is 7.83. The van der Waals surface area contributed by atoms with Gasteiger partial charge in [0.1, 0.15) is 5.82 Å². The normalized spacial score (nSPS) is 18.3. The van der Waals surface area contributed by atoms with Crippen LogP contribution >= 0.6 is 0 Å². The summed E-state index contributed by atoms with van der Waals surface area (Å²) in [5, 5.41) is 7.27. The molecule has 0 radical (unpaired) electrons. The van der Waals surface area contributed by atoms with Gasteiger partial charge in [0.05, 0.1) is 30.4 Å². The fourth-order valence-corrected chi connectivity index (χ4v) is 6.89. The second kappa shape index (κ2) is 13.2. The van der Waals surface area contributed by atoms with Crippen molar-refractivity contribution in [3.05, 3.63) is 76.7 Å². The van der Waals surface area contributed by atoms with Crippen molar-refractivity contribution in [2.45, 2.75) is 51.1 Å². The van der Waals surface area contributed by atoms with E-state index < -0.39 is 34.1 Å². The molecule has 2 amide bonds. The lowest BCUT2D eigenvalue weighted by molar-refractivity contribution is -0.138. The maximum absolute atomic E-state index is 14.6. The average molecular weight is 668 g/mol. The molecule has 0 unspecified atom stereocenters. The van der Waals surface area contributed by atoms with Crippen LogP contribution in [-0.2, 0) is 29.6 Å². The van der Waals surface area contributed by atoms with Crippen molar-refractivity contribution in [1.29, 1.82) is 0 Å². The van der Waals surface area contributed by atoms with E-state index in [1.165, 1.54) is 33.8 Å². The minimum absolute atomic E-state index is 0.0259. The molecule has 0 saturated carbocycles. The maximum Gasteiger partial charge on any atom is 0.416 e. The van der Waals surface area contributed by atoms with Crippen LogP contribution in [0.3, 0.4) is 0 Å². The molecule has 16 heteroatoms. The number of benzene rings is 2. The molecule has 250 valence electrons. The number of nitrogens with one attached hydrogen (secondary N) is 1. The Morgan fingerprint density at radius 3 is 2.28 bits per heavy atom. The molecule has 2 aromatic carbocycles. The van der Waals surface area contributed by atoms with Crippen LogP contribution in [0.5, 0.6) is 0 Å². The summed E-state index contributed by atoms with van der Waals surface area (Å²) in [7, 11) is -0.606. The van der Waals surface area contributed by atoms with Gasteiger partial charge in [0.15, 0.2) is 5.82 Å². The summed E-state index contributed by atoms with van der Waals surface area (Å²) in [5.41, 5.74) is 1.01. The Labute approximate surface area is 265 Å². The molecular weight excluding hydrogens is 630 g/mol. The molecule has 0 aliphatic carbocycles. The highest BCUT2D eigenvalue weighted by atomic mass is 32.2. The Balaban J connectivity index is 0.00000134. The Hall–Kier alpha value is -3.73. The van der Waals surface area contributed by atoms with Crippen molar-refractivity contribution < 1.29 is 35.3 Å². The van der Waals surface area contributed by atoms with E-state index in [0.717, 1.165) is 15.9 Å². The van der Waals surface area contributed by atoms with Crippen molar-refractivity contribution in [1.82, 2.24) is 24.3 Å². The van der Waals surface area contributed by atoms with Gasteiger partial charge in [-0.3, -0.25) is 14.1 Å². The minimum Gasteiger partial charge on any atom is -0.369 e. The smallest absolute Gasteiger partial charge is 0.369 e. The number of amides is 2. The van der Waals surface area contributed by atoms with Crippen molar-refractivity contribution in [3.8, 4) is 0 Å². The first-order valence-corrected chi connectivity index (χ1v) is 16.2. The molecule has 2 saturated heterocycles. The first kappa shape index (κ1) is 33.6. The summed E-state index contributed by atoms with van der Waals surface area (Å²) in [6.45, 7) is 2.57. The standard InChI is InChI=1S/C28H30F4N6O4S.C2H7N/c1-18-5-4-8-24(29)25(18)34-11-9-21(10-12-34)36-14-20-15-38(22-16-35(17-22)43(40,41)42)33-26(20)37(27(36)39)13-19-6-2-3-7-23(19)28(30,31)32;1-3-2/h2-8,15,21-22H,9-14,16-17H2,1H3,(H,40,41,42);3H,1-2H3. The Morgan fingerprint density at radius 1 is 1.02 bits per heavy atom. The number of hydrogen-bond acceptors (Lipinski definition) is 6. The van der Waals surface area contributed by atoms with Gasteiger partial charge in [0, 0.05) is 44.0 Å². The fourth-order valence-electron chi connectivity index (χ4n) is 6.17. The van der Waals surface area contributed by atoms with Gasteiger partial charge in [-0.15, -0.1) is 0 Å². The van der Waals surface area contributed by atoms with Gasteiger partial charge >= 0.3 is 22.5 Å². The lowest BCUT2D eigenvalue weighted by Crippen LogP contribution is -2.54. The molecule has 2 fully saturated rings. The van der Waals surface area contributed by atoms with E-state index in [1.54, 1.807) is 17.2 Å². The van der Waals surface area contributed by atoms with Gasteiger partial charge in [-0.05, 0) is 57.1 Å². The molecule has 3 aromatic rings. The van der Waals surface area contributed by atoms with Crippen molar-refractivity contribution in [2.75, 3.05) is 50.1 Å². The van der Waals surface area contributed by atoms with Gasteiger partial charge in [0.2, 0.25) is 0 Å². The van der Waals surface area contributed by atoms with Gasteiger partial charge < -0.3 is 15.1 Å². The summed E-state index contributed by atoms with van der Waals surface area (Å²) in [6.07, 6.45) is -1.88. The molecule has 11 nitrogen and oxygen atoms in total. The molecule has 3 aliphatic heterocycles. The Morgan fingerprint density at radius 2 is 1.67 bits per heavy atom. The molecule has 0 spiro atoms. The number of urea groups is 1. The molecule has 1 aromatic heterocycles. The number of fused-ring (bicyclic) bond motifs is 1. The van der Waals surface area contributed by atoms with Crippen LogP contribution in [0.15, 0.2) is 48.7 Å². The first-order chi connectivity index (χ1) is 21.7. The number of piperidine rings is 1.